The summed E-state index contributed by atoms with van der Waals surface area (Å²) in [6.07, 6.45) is 0.869. The SMILES string of the molecule is CCCNC(=O)CNC(=O)c1cc(N)ccc1C. The Bertz CT molecular complexity index is 444. The smallest absolute Gasteiger partial charge is 0.252 e. The van der Waals surface area contributed by atoms with E-state index in [0.717, 1.165) is 12.0 Å². The van der Waals surface area contributed by atoms with Gasteiger partial charge >= 0.3 is 0 Å². The molecule has 0 unspecified atom stereocenters. The number of nitrogens with two attached hydrogens (primary N) is 1. The van der Waals surface area contributed by atoms with Crippen LogP contribution in [0.2, 0.25) is 0 Å². The molecule has 0 saturated heterocycles. The molecule has 0 aliphatic heterocycles. The van der Waals surface area contributed by atoms with Crippen LogP contribution < -0.4 is 16.4 Å². The number of rotatable bonds is 5. The third-order valence-electron chi connectivity index (χ3n) is 2.49. The quantitative estimate of drug-likeness (QED) is 0.676. The van der Waals surface area contributed by atoms with Crippen molar-refractivity contribution in [1.82, 2.24) is 10.6 Å². The topological polar surface area (TPSA) is 84.2 Å². The summed E-state index contributed by atoms with van der Waals surface area (Å²) >= 11 is 0. The van der Waals surface area contributed by atoms with Gasteiger partial charge in [-0.2, -0.15) is 0 Å². The molecule has 2 amide bonds. The number of hydrogen-bond donors (Lipinski definition) is 3. The maximum Gasteiger partial charge on any atom is 0.252 e. The number of nitrogen functional groups attached to an aromatic ring is 1. The molecule has 0 atom stereocenters. The fourth-order valence-electron chi connectivity index (χ4n) is 1.47. The second kappa shape index (κ2) is 6.64. The predicted octanol–water partition coefficient (Wildman–Crippen LogP) is 0.833. The molecule has 98 valence electrons. The van der Waals surface area contributed by atoms with E-state index in [2.05, 4.69) is 10.6 Å². The van der Waals surface area contributed by atoms with Crippen LogP contribution in [0.25, 0.3) is 0 Å². The van der Waals surface area contributed by atoms with Crippen LogP contribution >= 0.6 is 0 Å². The molecule has 0 radical (unpaired) electrons. The minimum Gasteiger partial charge on any atom is -0.399 e. The molecule has 0 aliphatic carbocycles. The molecular weight excluding hydrogens is 230 g/mol. The first kappa shape index (κ1) is 14.0. The molecule has 0 fully saturated rings. The summed E-state index contributed by atoms with van der Waals surface area (Å²) in [7, 11) is 0. The van der Waals surface area contributed by atoms with Crippen molar-refractivity contribution in [2.75, 3.05) is 18.8 Å². The predicted molar refractivity (Wildman–Crippen MR) is 71.2 cm³/mol. The zero-order valence-electron chi connectivity index (χ0n) is 10.7. The maximum atomic E-state index is 11.8. The van der Waals surface area contributed by atoms with Crippen LogP contribution in [0.3, 0.4) is 0 Å². The van der Waals surface area contributed by atoms with Crippen molar-refractivity contribution in [3.63, 3.8) is 0 Å². The van der Waals surface area contributed by atoms with Gasteiger partial charge in [-0.05, 0) is 31.0 Å². The number of anilines is 1. The van der Waals surface area contributed by atoms with Gasteiger partial charge in [-0.25, -0.2) is 0 Å². The molecule has 0 heterocycles. The summed E-state index contributed by atoms with van der Waals surface area (Å²) in [4.78, 5) is 23.2. The molecule has 0 bridgehead atoms. The van der Waals surface area contributed by atoms with E-state index in [1.165, 1.54) is 0 Å². The van der Waals surface area contributed by atoms with Crippen molar-refractivity contribution in [3.05, 3.63) is 29.3 Å². The lowest BCUT2D eigenvalue weighted by Gasteiger charge is -2.08. The molecule has 0 saturated carbocycles. The van der Waals surface area contributed by atoms with E-state index >= 15 is 0 Å². The molecule has 4 N–H and O–H groups in total. The highest BCUT2D eigenvalue weighted by atomic mass is 16.2. The van der Waals surface area contributed by atoms with E-state index in [-0.39, 0.29) is 18.4 Å². The van der Waals surface area contributed by atoms with Crippen molar-refractivity contribution in [2.24, 2.45) is 0 Å². The number of benzene rings is 1. The van der Waals surface area contributed by atoms with Gasteiger partial charge < -0.3 is 16.4 Å². The summed E-state index contributed by atoms with van der Waals surface area (Å²) in [6.45, 7) is 4.39. The standard InChI is InChI=1S/C13H19N3O2/c1-3-6-15-12(17)8-16-13(18)11-7-10(14)5-4-9(11)2/h4-5,7H,3,6,8,14H2,1-2H3,(H,15,17)(H,16,18). The van der Waals surface area contributed by atoms with Gasteiger partial charge in [0.25, 0.3) is 5.91 Å². The maximum absolute atomic E-state index is 11.8. The summed E-state index contributed by atoms with van der Waals surface area (Å²) in [5, 5.41) is 5.26. The second-order valence-electron chi connectivity index (χ2n) is 4.11. The van der Waals surface area contributed by atoms with Crippen LogP contribution in [-0.2, 0) is 4.79 Å². The van der Waals surface area contributed by atoms with Gasteiger partial charge in [-0.1, -0.05) is 13.0 Å². The fourth-order valence-corrected chi connectivity index (χ4v) is 1.47. The summed E-state index contributed by atoms with van der Waals surface area (Å²) < 4.78 is 0. The van der Waals surface area contributed by atoms with Crippen molar-refractivity contribution in [2.45, 2.75) is 20.3 Å². The molecule has 5 nitrogen and oxygen atoms in total. The Labute approximate surface area is 107 Å². The molecule has 1 rings (SSSR count). The highest BCUT2D eigenvalue weighted by Gasteiger charge is 2.10. The average molecular weight is 249 g/mol. The van der Waals surface area contributed by atoms with Crippen molar-refractivity contribution in [3.8, 4) is 0 Å². The minimum absolute atomic E-state index is 0.0208. The molecule has 0 aliphatic rings. The first-order valence-electron chi connectivity index (χ1n) is 5.95. The number of carbonyl (C=O) groups is 2. The van der Waals surface area contributed by atoms with E-state index in [0.29, 0.717) is 17.8 Å². The van der Waals surface area contributed by atoms with Gasteiger partial charge in [0.2, 0.25) is 5.91 Å². The summed E-state index contributed by atoms with van der Waals surface area (Å²) in [5.41, 5.74) is 7.48. The molecule has 5 heteroatoms. The van der Waals surface area contributed by atoms with Crippen LogP contribution in [-0.4, -0.2) is 24.9 Å². The second-order valence-corrected chi connectivity index (χ2v) is 4.11. The first-order chi connectivity index (χ1) is 8.54. The molecular formula is C13H19N3O2. The lowest BCUT2D eigenvalue weighted by molar-refractivity contribution is -0.120. The van der Waals surface area contributed by atoms with E-state index in [1.807, 2.05) is 13.8 Å². The molecule has 1 aromatic rings. The van der Waals surface area contributed by atoms with Crippen molar-refractivity contribution in [1.29, 1.82) is 0 Å². The molecule has 0 aromatic heterocycles. The number of carbonyl (C=O) groups excluding carboxylic acids is 2. The van der Waals surface area contributed by atoms with Crippen LogP contribution in [0, 0.1) is 6.92 Å². The Kier molecular flexibility index (Phi) is 5.17. The Morgan fingerprint density at radius 1 is 1.28 bits per heavy atom. The molecule has 1 aromatic carbocycles. The summed E-state index contributed by atoms with van der Waals surface area (Å²) in [5.74, 6) is -0.474. The fraction of sp³-hybridized carbons (Fsp3) is 0.385. The zero-order chi connectivity index (χ0) is 13.5. The zero-order valence-corrected chi connectivity index (χ0v) is 10.7. The molecule has 18 heavy (non-hydrogen) atoms. The van der Waals surface area contributed by atoms with Gasteiger partial charge in [0.1, 0.15) is 0 Å². The van der Waals surface area contributed by atoms with Gasteiger partial charge in [0.15, 0.2) is 0 Å². The summed E-state index contributed by atoms with van der Waals surface area (Å²) in [6, 6.07) is 5.12. The number of aryl methyl sites for hydroxylation is 1. The highest BCUT2D eigenvalue weighted by molar-refractivity contribution is 5.98. The van der Waals surface area contributed by atoms with Crippen molar-refractivity contribution >= 4 is 17.5 Å². The first-order valence-corrected chi connectivity index (χ1v) is 5.95. The van der Waals surface area contributed by atoms with Crippen LogP contribution in [0.1, 0.15) is 29.3 Å². The third kappa shape index (κ3) is 4.08. The minimum atomic E-state index is -0.286. The number of amides is 2. The van der Waals surface area contributed by atoms with Crippen LogP contribution in [0.5, 0.6) is 0 Å². The van der Waals surface area contributed by atoms with E-state index in [9.17, 15) is 9.59 Å². The van der Waals surface area contributed by atoms with Gasteiger partial charge in [0.05, 0.1) is 6.54 Å². The number of nitrogens with one attached hydrogen (secondary N) is 2. The van der Waals surface area contributed by atoms with E-state index in [4.69, 9.17) is 5.73 Å². The Morgan fingerprint density at radius 3 is 2.67 bits per heavy atom. The Balaban J connectivity index is 2.55. The Morgan fingerprint density at radius 2 is 2.00 bits per heavy atom. The van der Waals surface area contributed by atoms with Gasteiger partial charge in [-0.3, -0.25) is 9.59 Å². The lowest BCUT2D eigenvalue weighted by atomic mass is 10.1. The van der Waals surface area contributed by atoms with Crippen LogP contribution in [0.15, 0.2) is 18.2 Å². The van der Waals surface area contributed by atoms with E-state index < -0.39 is 0 Å². The third-order valence-corrected chi connectivity index (χ3v) is 2.49. The molecule has 0 spiro atoms. The number of hydrogen-bond acceptors (Lipinski definition) is 3. The van der Waals surface area contributed by atoms with Gasteiger partial charge in [-0.15, -0.1) is 0 Å². The van der Waals surface area contributed by atoms with Crippen LogP contribution in [0.4, 0.5) is 5.69 Å². The normalized spacial score (nSPS) is 9.89. The largest absolute Gasteiger partial charge is 0.399 e. The van der Waals surface area contributed by atoms with E-state index in [1.54, 1.807) is 18.2 Å². The monoisotopic (exact) mass is 249 g/mol. The van der Waals surface area contributed by atoms with Gasteiger partial charge in [0, 0.05) is 17.8 Å². The average Bonchev–Trinajstić information content (AvgIpc) is 2.36. The highest BCUT2D eigenvalue weighted by Crippen LogP contribution is 2.12. The van der Waals surface area contributed by atoms with Crippen molar-refractivity contribution < 1.29 is 9.59 Å². The lowest BCUT2D eigenvalue weighted by Crippen LogP contribution is -2.37. The Hall–Kier alpha value is -2.04.